The van der Waals surface area contributed by atoms with Gasteiger partial charge in [-0.05, 0) is 45.4 Å². The average Bonchev–Trinajstić information content (AvgIpc) is 2.99. The molecule has 7 atom stereocenters. The fourth-order valence-corrected chi connectivity index (χ4v) is 5.24. The first-order chi connectivity index (χ1) is 11.7. The molecule has 0 aromatic rings. The summed E-state index contributed by atoms with van der Waals surface area (Å²) in [5.41, 5.74) is -0.234. The Balaban J connectivity index is 2.07. The van der Waals surface area contributed by atoms with Crippen molar-refractivity contribution in [2.75, 3.05) is 0 Å². The van der Waals surface area contributed by atoms with E-state index in [9.17, 15) is 14.4 Å². The number of allylic oxidation sites excluding steroid dienone is 1. The van der Waals surface area contributed by atoms with Gasteiger partial charge >= 0.3 is 11.9 Å². The molecule has 0 unspecified atom stereocenters. The largest absolute Gasteiger partial charge is 0.462 e. The Morgan fingerprint density at radius 3 is 2.64 bits per heavy atom. The SMILES string of the molecule is C/C=C(/C)C(=O)O[C@H]1[C@@H]2[C@H](C)C(=O)O[C@@H]2C[C@@H](C)[C@@H]2CCC(=O)[C@]21C. The molecule has 0 aromatic heterocycles. The lowest BCUT2D eigenvalue weighted by Gasteiger charge is -2.40. The van der Waals surface area contributed by atoms with E-state index in [0.29, 0.717) is 12.0 Å². The van der Waals surface area contributed by atoms with E-state index in [0.717, 1.165) is 12.8 Å². The third-order valence-corrected chi connectivity index (χ3v) is 6.92. The van der Waals surface area contributed by atoms with Gasteiger partial charge in [0.2, 0.25) is 0 Å². The number of esters is 2. The second kappa shape index (κ2) is 6.26. The van der Waals surface area contributed by atoms with Gasteiger partial charge in [-0.1, -0.05) is 19.9 Å². The van der Waals surface area contributed by atoms with Crippen LogP contribution in [-0.4, -0.2) is 29.9 Å². The van der Waals surface area contributed by atoms with Gasteiger partial charge in [0, 0.05) is 17.9 Å². The minimum atomic E-state index is -0.745. The highest BCUT2D eigenvalue weighted by molar-refractivity contribution is 5.91. The van der Waals surface area contributed by atoms with Gasteiger partial charge in [-0.15, -0.1) is 0 Å². The lowest BCUT2D eigenvalue weighted by Crippen LogP contribution is -2.50. The molecule has 5 nitrogen and oxygen atoms in total. The van der Waals surface area contributed by atoms with Crippen molar-refractivity contribution in [3.05, 3.63) is 11.6 Å². The van der Waals surface area contributed by atoms with E-state index in [1.54, 1.807) is 19.9 Å². The van der Waals surface area contributed by atoms with E-state index in [2.05, 4.69) is 6.92 Å². The van der Waals surface area contributed by atoms with Crippen LogP contribution >= 0.6 is 0 Å². The van der Waals surface area contributed by atoms with E-state index in [1.165, 1.54) is 0 Å². The molecule has 0 bridgehead atoms. The molecule has 0 radical (unpaired) electrons. The molecule has 2 saturated carbocycles. The molecule has 5 heteroatoms. The van der Waals surface area contributed by atoms with Crippen molar-refractivity contribution in [2.24, 2.45) is 29.1 Å². The Hall–Kier alpha value is -1.65. The fraction of sp³-hybridized carbons (Fsp3) is 0.750. The van der Waals surface area contributed by atoms with E-state index in [4.69, 9.17) is 9.47 Å². The average molecular weight is 348 g/mol. The Labute approximate surface area is 149 Å². The van der Waals surface area contributed by atoms with Crippen molar-refractivity contribution < 1.29 is 23.9 Å². The smallest absolute Gasteiger partial charge is 0.333 e. The zero-order chi connectivity index (χ0) is 18.5. The van der Waals surface area contributed by atoms with Crippen LogP contribution in [0, 0.1) is 29.1 Å². The molecule has 1 aliphatic heterocycles. The summed E-state index contributed by atoms with van der Waals surface area (Å²) in [6.07, 6.45) is 2.86. The molecule has 138 valence electrons. The molecular formula is C20H28O5. The van der Waals surface area contributed by atoms with Crippen LogP contribution in [0.15, 0.2) is 11.6 Å². The Morgan fingerprint density at radius 1 is 1.32 bits per heavy atom. The van der Waals surface area contributed by atoms with Crippen molar-refractivity contribution in [3.8, 4) is 0 Å². The van der Waals surface area contributed by atoms with Gasteiger partial charge in [-0.25, -0.2) is 4.79 Å². The van der Waals surface area contributed by atoms with Gasteiger partial charge < -0.3 is 9.47 Å². The van der Waals surface area contributed by atoms with Crippen LogP contribution < -0.4 is 0 Å². The summed E-state index contributed by atoms with van der Waals surface area (Å²) in [6.45, 7) is 9.37. The lowest BCUT2D eigenvalue weighted by atomic mass is 9.67. The second-order valence-corrected chi connectivity index (χ2v) is 8.20. The highest BCUT2D eigenvalue weighted by Gasteiger charge is 2.63. The molecule has 2 aliphatic carbocycles. The Bertz CT molecular complexity index is 636. The number of hydrogen-bond acceptors (Lipinski definition) is 5. The van der Waals surface area contributed by atoms with Crippen molar-refractivity contribution in [1.29, 1.82) is 0 Å². The van der Waals surface area contributed by atoms with E-state index < -0.39 is 17.5 Å². The van der Waals surface area contributed by atoms with Crippen molar-refractivity contribution in [1.82, 2.24) is 0 Å². The van der Waals surface area contributed by atoms with Crippen LogP contribution in [0.4, 0.5) is 0 Å². The first kappa shape index (κ1) is 18.2. The van der Waals surface area contributed by atoms with Gasteiger partial charge in [-0.3, -0.25) is 9.59 Å². The maximum atomic E-state index is 12.9. The first-order valence-electron chi connectivity index (χ1n) is 9.29. The summed E-state index contributed by atoms with van der Waals surface area (Å²) in [7, 11) is 0. The van der Waals surface area contributed by atoms with Crippen molar-refractivity contribution in [2.45, 2.75) is 66.1 Å². The summed E-state index contributed by atoms with van der Waals surface area (Å²) >= 11 is 0. The third-order valence-electron chi connectivity index (χ3n) is 6.92. The first-order valence-corrected chi connectivity index (χ1v) is 9.29. The predicted octanol–water partition coefficient (Wildman–Crippen LogP) is 3.07. The Morgan fingerprint density at radius 2 is 2.00 bits per heavy atom. The molecule has 0 N–H and O–H groups in total. The van der Waals surface area contributed by atoms with Crippen LogP contribution in [0.1, 0.15) is 53.9 Å². The van der Waals surface area contributed by atoms with Gasteiger partial charge in [0.1, 0.15) is 18.0 Å². The summed E-state index contributed by atoms with van der Waals surface area (Å²) in [4.78, 5) is 37.6. The quantitative estimate of drug-likeness (QED) is 0.567. The molecule has 1 saturated heterocycles. The van der Waals surface area contributed by atoms with Crippen LogP contribution in [0.3, 0.4) is 0 Å². The normalized spacial score (nSPS) is 44.0. The molecule has 0 aromatic carbocycles. The number of fused-ring (bicyclic) bond motifs is 2. The minimum Gasteiger partial charge on any atom is -0.462 e. The van der Waals surface area contributed by atoms with E-state index in [1.807, 2.05) is 13.8 Å². The minimum absolute atomic E-state index is 0.146. The monoisotopic (exact) mass is 348 g/mol. The van der Waals surface area contributed by atoms with Gasteiger partial charge in [-0.2, -0.15) is 0 Å². The highest BCUT2D eigenvalue weighted by Crippen LogP contribution is 2.56. The second-order valence-electron chi connectivity index (χ2n) is 8.20. The molecule has 25 heavy (non-hydrogen) atoms. The highest BCUT2D eigenvalue weighted by atomic mass is 16.6. The summed E-state index contributed by atoms with van der Waals surface area (Å²) < 4.78 is 11.5. The van der Waals surface area contributed by atoms with E-state index >= 15 is 0 Å². The number of Topliss-reactive ketones (excluding diaryl/α,β-unsaturated/α-hetero) is 1. The van der Waals surface area contributed by atoms with Gasteiger partial charge in [0.05, 0.1) is 11.3 Å². The fourth-order valence-electron chi connectivity index (χ4n) is 5.24. The topological polar surface area (TPSA) is 69.7 Å². The molecule has 3 rings (SSSR count). The maximum Gasteiger partial charge on any atom is 0.333 e. The molecular weight excluding hydrogens is 320 g/mol. The zero-order valence-corrected chi connectivity index (χ0v) is 15.7. The number of carbonyl (C=O) groups is 3. The maximum absolute atomic E-state index is 12.9. The molecule has 0 spiro atoms. The number of hydrogen-bond donors (Lipinski definition) is 0. The predicted molar refractivity (Wildman–Crippen MR) is 91.5 cm³/mol. The molecule has 3 fully saturated rings. The number of ether oxygens (including phenoxy) is 2. The van der Waals surface area contributed by atoms with Crippen LogP contribution in [0.2, 0.25) is 0 Å². The molecule has 1 heterocycles. The number of carbonyl (C=O) groups excluding carboxylic acids is 3. The third kappa shape index (κ3) is 2.63. The summed E-state index contributed by atoms with van der Waals surface area (Å²) in [6, 6.07) is 0. The number of rotatable bonds is 2. The zero-order valence-electron chi connectivity index (χ0n) is 15.7. The van der Waals surface area contributed by atoms with Gasteiger partial charge in [0.15, 0.2) is 0 Å². The van der Waals surface area contributed by atoms with Crippen LogP contribution in [0.5, 0.6) is 0 Å². The summed E-state index contributed by atoms with van der Waals surface area (Å²) in [5.74, 6) is -0.753. The standard InChI is InChI=1S/C20H28O5/c1-6-10(2)18(22)25-17-16-12(4)19(23)24-14(16)9-11(3)13-7-8-15(21)20(13,17)5/h6,11-14,16-17H,7-9H2,1-5H3/b10-6-/t11-,12+,13+,14-,16-,17+,20+/m1/s1. The summed E-state index contributed by atoms with van der Waals surface area (Å²) in [5, 5.41) is 0. The van der Waals surface area contributed by atoms with Crippen molar-refractivity contribution >= 4 is 17.7 Å². The van der Waals surface area contributed by atoms with Crippen molar-refractivity contribution in [3.63, 3.8) is 0 Å². The Kier molecular flexibility index (Phi) is 4.54. The van der Waals surface area contributed by atoms with E-state index in [-0.39, 0.29) is 41.5 Å². The van der Waals surface area contributed by atoms with Gasteiger partial charge in [0.25, 0.3) is 0 Å². The lowest BCUT2D eigenvalue weighted by molar-refractivity contribution is -0.164. The number of ketones is 1. The molecule has 3 aliphatic rings. The van der Waals surface area contributed by atoms with Crippen LogP contribution in [-0.2, 0) is 23.9 Å². The van der Waals surface area contributed by atoms with Crippen LogP contribution in [0.25, 0.3) is 0 Å². The molecule has 0 amide bonds.